The van der Waals surface area contributed by atoms with Crippen LogP contribution in [0.2, 0.25) is 0 Å². The van der Waals surface area contributed by atoms with Gasteiger partial charge >= 0.3 is 0 Å². The van der Waals surface area contributed by atoms with Crippen LogP contribution in [0.3, 0.4) is 0 Å². The predicted molar refractivity (Wildman–Crippen MR) is 79.7 cm³/mol. The minimum atomic E-state index is -3.78. The molecule has 1 atom stereocenters. The Morgan fingerprint density at radius 1 is 1.36 bits per heavy atom. The summed E-state index contributed by atoms with van der Waals surface area (Å²) >= 11 is 0. The molecule has 3 N–H and O–H groups in total. The van der Waals surface area contributed by atoms with Gasteiger partial charge in [-0.3, -0.25) is 4.79 Å². The molecule has 0 aliphatic carbocycles. The zero-order valence-electron chi connectivity index (χ0n) is 12.5. The smallest absolute Gasteiger partial charge is 0.274 e. The average molecular weight is 323 g/mol. The van der Waals surface area contributed by atoms with Crippen molar-refractivity contribution in [3.8, 4) is 0 Å². The number of hydrogen-bond donors (Lipinski definition) is 2. The van der Waals surface area contributed by atoms with Crippen LogP contribution in [0.15, 0.2) is 33.6 Å². The van der Waals surface area contributed by atoms with E-state index in [1.807, 2.05) is 0 Å². The minimum absolute atomic E-state index is 0.000407. The number of rotatable bonds is 4. The Kier molecular flexibility index (Phi) is 4.34. The normalized spacial score (nSPS) is 12.9. The summed E-state index contributed by atoms with van der Waals surface area (Å²) in [6.45, 7) is 5.05. The number of carbonyl (C=O) groups excluding carboxylic acids is 1. The highest BCUT2D eigenvalue weighted by molar-refractivity contribution is 7.89. The van der Waals surface area contributed by atoms with Gasteiger partial charge in [0.05, 0.1) is 10.9 Å². The molecule has 0 unspecified atom stereocenters. The molecular formula is C14H17N3O4S. The zero-order chi connectivity index (χ0) is 16.5. The number of amides is 1. The number of aromatic nitrogens is 1. The van der Waals surface area contributed by atoms with Crippen molar-refractivity contribution >= 4 is 15.9 Å². The molecule has 1 heterocycles. The second kappa shape index (κ2) is 5.90. The molecule has 0 spiro atoms. The molecule has 118 valence electrons. The fraction of sp³-hybridized carbons (Fsp3) is 0.286. The molecule has 0 bridgehead atoms. The van der Waals surface area contributed by atoms with Gasteiger partial charge in [0.1, 0.15) is 5.76 Å². The summed E-state index contributed by atoms with van der Waals surface area (Å²) in [7, 11) is -3.78. The van der Waals surface area contributed by atoms with E-state index in [0.29, 0.717) is 17.2 Å². The molecule has 0 saturated heterocycles. The third-order valence-corrected chi connectivity index (χ3v) is 4.06. The largest absolute Gasteiger partial charge is 0.445 e. The van der Waals surface area contributed by atoms with E-state index in [4.69, 9.17) is 9.56 Å². The molecule has 0 saturated carbocycles. The number of carbonyl (C=O) groups is 1. The number of nitrogens with zero attached hydrogens (tertiary/aromatic N) is 1. The second-order valence-corrected chi connectivity index (χ2v) is 6.51. The molecule has 2 rings (SSSR count). The number of sulfonamides is 1. The van der Waals surface area contributed by atoms with Crippen LogP contribution in [0.1, 0.15) is 40.7 Å². The zero-order valence-corrected chi connectivity index (χ0v) is 13.3. The van der Waals surface area contributed by atoms with E-state index < -0.39 is 16.1 Å². The number of aryl methyl sites for hydroxylation is 2. The number of hydrogen-bond acceptors (Lipinski definition) is 5. The third-order valence-electron chi connectivity index (χ3n) is 3.15. The van der Waals surface area contributed by atoms with E-state index in [-0.39, 0.29) is 16.5 Å². The van der Waals surface area contributed by atoms with Gasteiger partial charge in [-0.2, -0.15) is 0 Å². The van der Waals surface area contributed by atoms with Crippen LogP contribution in [-0.4, -0.2) is 19.3 Å². The van der Waals surface area contributed by atoms with Crippen molar-refractivity contribution in [2.75, 3.05) is 0 Å². The first-order chi connectivity index (χ1) is 10.2. The van der Waals surface area contributed by atoms with Gasteiger partial charge < -0.3 is 9.73 Å². The van der Waals surface area contributed by atoms with Gasteiger partial charge in [-0.25, -0.2) is 18.5 Å². The van der Waals surface area contributed by atoms with Gasteiger partial charge in [0, 0.05) is 6.92 Å². The van der Waals surface area contributed by atoms with Gasteiger partial charge in [0.25, 0.3) is 5.91 Å². The Bertz CT molecular complexity index is 811. The molecule has 22 heavy (non-hydrogen) atoms. The Morgan fingerprint density at radius 3 is 2.59 bits per heavy atom. The average Bonchev–Trinajstić information content (AvgIpc) is 2.77. The molecule has 1 amide bonds. The van der Waals surface area contributed by atoms with Crippen molar-refractivity contribution in [1.82, 2.24) is 10.3 Å². The Labute approximate surface area is 128 Å². The maximum absolute atomic E-state index is 12.2. The fourth-order valence-electron chi connectivity index (χ4n) is 2.05. The van der Waals surface area contributed by atoms with Crippen molar-refractivity contribution in [3.05, 3.63) is 47.2 Å². The lowest BCUT2D eigenvalue weighted by molar-refractivity contribution is 0.0934. The lowest BCUT2D eigenvalue weighted by atomic mass is 10.1. The van der Waals surface area contributed by atoms with Crippen LogP contribution >= 0.6 is 0 Å². The van der Waals surface area contributed by atoms with Gasteiger partial charge in [-0.1, -0.05) is 12.1 Å². The molecule has 0 aliphatic heterocycles. The number of nitrogens with two attached hydrogens (primary N) is 1. The van der Waals surface area contributed by atoms with E-state index in [0.717, 1.165) is 0 Å². The Morgan fingerprint density at radius 2 is 2.05 bits per heavy atom. The highest BCUT2D eigenvalue weighted by atomic mass is 32.2. The van der Waals surface area contributed by atoms with Crippen LogP contribution in [0.4, 0.5) is 0 Å². The highest BCUT2D eigenvalue weighted by Gasteiger charge is 2.19. The number of primary sulfonamides is 1. The third kappa shape index (κ3) is 3.52. The van der Waals surface area contributed by atoms with E-state index in [9.17, 15) is 13.2 Å². The first-order valence-electron chi connectivity index (χ1n) is 6.56. The van der Waals surface area contributed by atoms with Crippen LogP contribution in [-0.2, 0) is 10.0 Å². The first-order valence-corrected chi connectivity index (χ1v) is 8.11. The SMILES string of the molecule is Cc1nc(C(=O)N[C@H](C)c2cccc(S(N)(=O)=O)c2)c(C)o1. The summed E-state index contributed by atoms with van der Waals surface area (Å²) < 4.78 is 28.0. The predicted octanol–water partition coefficient (Wildman–Crippen LogP) is 1.43. The second-order valence-electron chi connectivity index (χ2n) is 4.95. The Balaban J connectivity index is 2.21. The summed E-state index contributed by atoms with van der Waals surface area (Å²) in [5, 5.41) is 7.85. The summed E-state index contributed by atoms with van der Waals surface area (Å²) in [5.41, 5.74) is 0.838. The van der Waals surface area contributed by atoms with Crippen LogP contribution in [0, 0.1) is 13.8 Å². The lowest BCUT2D eigenvalue weighted by Crippen LogP contribution is -2.27. The molecule has 1 aromatic heterocycles. The molecule has 2 aromatic rings. The van der Waals surface area contributed by atoms with Gasteiger partial charge in [0.2, 0.25) is 10.0 Å². The highest BCUT2D eigenvalue weighted by Crippen LogP contribution is 2.18. The number of benzene rings is 1. The maximum Gasteiger partial charge on any atom is 0.274 e. The van der Waals surface area contributed by atoms with Gasteiger partial charge in [-0.05, 0) is 31.5 Å². The fourth-order valence-corrected chi connectivity index (χ4v) is 2.62. The van der Waals surface area contributed by atoms with Crippen molar-refractivity contribution in [1.29, 1.82) is 0 Å². The molecule has 1 aromatic carbocycles. The van der Waals surface area contributed by atoms with E-state index in [1.165, 1.54) is 12.1 Å². The van der Waals surface area contributed by atoms with Crippen molar-refractivity contribution < 1.29 is 17.6 Å². The van der Waals surface area contributed by atoms with Crippen LogP contribution in [0.25, 0.3) is 0 Å². The Hall–Kier alpha value is -2.19. The van der Waals surface area contributed by atoms with Crippen LogP contribution in [0.5, 0.6) is 0 Å². The molecule has 0 fully saturated rings. The van der Waals surface area contributed by atoms with Crippen LogP contribution < -0.4 is 10.5 Å². The summed E-state index contributed by atoms with van der Waals surface area (Å²) in [6, 6.07) is 5.70. The summed E-state index contributed by atoms with van der Waals surface area (Å²) in [4.78, 5) is 16.2. The van der Waals surface area contributed by atoms with Gasteiger partial charge in [-0.15, -0.1) is 0 Å². The van der Waals surface area contributed by atoms with E-state index in [1.54, 1.807) is 32.9 Å². The summed E-state index contributed by atoms with van der Waals surface area (Å²) in [5.74, 6) is 0.454. The molecular weight excluding hydrogens is 306 g/mol. The molecule has 0 radical (unpaired) electrons. The molecule has 0 aliphatic rings. The van der Waals surface area contributed by atoms with Crippen molar-refractivity contribution in [3.63, 3.8) is 0 Å². The maximum atomic E-state index is 12.2. The van der Waals surface area contributed by atoms with Crippen molar-refractivity contribution in [2.45, 2.75) is 31.7 Å². The van der Waals surface area contributed by atoms with Crippen molar-refractivity contribution in [2.24, 2.45) is 5.14 Å². The first kappa shape index (κ1) is 16.2. The molecule has 8 heteroatoms. The van der Waals surface area contributed by atoms with Gasteiger partial charge in [0.15, 0.2) is 11.6 Å². The van der Waals surface area contributed by atoms with E-state index >= 15 is 0 Å². The number of nitrogens with one attached hydrogen (secondary N) is 1. The summed E-state index contributed by atoms with van der Waals surface area (Å²) in [6.07, 6.45) is 0. The topological polar surface area (TPSA) is 115 Å². The molecule has 7 nitrogen and oxygen atoms in total. The quantitative estimate of drug-likeness (QED) is 0.883. The standard InChI is InChI=1S/C14H17N3O4S/c1-8(11-5-4-6-12(7-11)22(15,19)20)16-14(18)13-9(2)21-10(3)17-13/h4-8H,1-3H3,(H,16,18)(H2,15,19,20)/t8-/m1/s1. The monoisotopic (exact) mass is 323 g/mol. The number of oxazole rings is 1. The lowest BCUT2D eigenvalue weighted by Gasteiger charge is -2.14. The van der Waals surface area contributed by atoms with E-state index in [2.05, 4.69) is 10.3 Å². The minimum Gasteiger partial charge on any atom is -0.445 e.